The van der Waals surface area contributed by atoms with Crippen molar-refractivity contribution in [2.24, 2.45) is 0 Å². The quantitative estimate of drug-likeness (QED) is 0.657. The molecule has 21 heavy (non-hydrogen) atoms. The van der Waals surface area contributed by atoms with Crippen LogP contribution in [0.25, 0.3) is 11.0 Å². The summed E-state index contributed by atoms with van der Waals surface area (Å²) in [6.07, 6.45) is 1.88. The summed E-state index contributed by atoms with van der Waals surface area (Å²) in [5.41, 5.74) is 3.29. The maximum Gasteiger partial charge on any atom is 0.148 e. The highest BCUT2D eigenvalue weighted by Crippen LogP contribution is 2.19. The first-order valence-corrected chi connectivity index (χ1v) is 7.02. The SMILES string of the molecule is C=CCn1c(COc2cccc(C)c2)nc2ccccc21. The second-order valence-electron chi connectivity index (χ2n) is 5.02. The van der Waals surface area contributed by atoms with Crippen LogP contribution in [0, 0.1) is 6.92 Å². The van der Waals surface area contributed by atoms with Crippen LogP contribution in [0.4, 0.5) is 0 Å². The summed E-state index contributed by atoms with van der Waals surface area (Å²) in [5, 5.41) is 0. The summed E-state index contributed by atoms with van der Waals surface area (Å²) in [6.45, 7) is 7.06. The fraction of sp³-hybridized carbons (Fsp3) is 0.167. The van der Waals surface area contributed by atoms with Gasteiger partial charge in [0.05, 0.1) is 11.0 Å². The Kier molecular flexibility index (Phi) is 3.73. The van der Waals surface area contributed by atoms with Crippen LogP contribution in [0.1, 0.15) is 11.4 Å². The van der Waals surface area contributed by atoms with Crippen molar-refractivity contribution < 1.29 is 4.74 Å². The summed E-state index contributed by atoms with van der Waals surface area (Å²) in [6, 6.07) is 16.2. The molecular weight excluding hydrogens is 260 g/mol. The first kappa shape index (κ1) is 13.4. The molecule has 3 aromatic rings. The molecule has 0 saturated carbocycles. The van der Waals surface area contributed by atoms with Gasteiger partial charge in [0.1, 0.15) is 18.2 Å². The highest BCUT2D eigenvalue weighted by molar-refractivity contribution is 5.75. The van der Waals surface area contributed by atoms with Crippen LogP contribution in [-0.2, 0) is 13.2 Å². The van der Waals surface area contributed by atoms with Gasteiger partial charge in [-0.05, 0) is 36.8 Å². The molecule has 0 aliphatic heterocycles. The zero-order chi connectivity index (χ0) is 14.7. The average Bonchev–Trinajstić information content (AvgIpc) is 2.84. The lowest BCUT2D eigenvalue weighted by atomic mass is 10.2. The van der Waals surface area contributed by atoms with E-state index in [1.165, 1.54) is 5.56 Å². The van der Waals surface area contributed by atoms with Crippen LogP contribution in [0.2, 0.25) is 0 Å². The van der Waals surface area contributed by atoms with Crippen molar-refractivity contribution >= 4 is 11.0 Å². The van der Waals surface area contributed by atoms with Crippen LogP contribution in [0.5, 0.6) is 5.75 Å². The Bertz CT molecular complexity index is 774. The molecule has 0 aliphatic carbocycles. The van der Waals surface area contributed by atoms with Gasteiger partial charge in [-0.1, -0.05) is 30.3 Å². The molecule has 0 fully saturated rings. The number of benzene rings is 2. The lowest BCUT2D eigenvalue weighted by Crippen LogP contribution is -2.06. The largest absolute Gasteiger partial charge is 0.486 e. The number of hydrogen-bond acceptors (Lipinski definition) is 2. The highest BCUT2D eigenvalue weighted by Gasteiger charge is 2.09. The van der Waals surface area contributed by atoms with E-state index in [9.17, 15) is 0 Å². The first-order valence-electron chi connectivity index (χ1n) is 7.02. The van der Waals surface area contributed by atoms with Crippen molar-refractivity contribution in [3.63, 3.8) is 0 Å². The topological polar surface area (TPSA) is 27.1 Å². The summed E-state index contributed by atoms with van der Waals surface area (Å²) >= 11 is 0. The number of aryl methyl sites for hydroxylation is 1. The third-order valence-electron chi connectivity index (χ3n) is 3.40. The molecule has 3 heteroatoms. The number of rotatable bonds is 5. The van der Waals surface area contributed by atoms with Crippen molar-refractivity contribution in [1.82, 2.24) is 9.55 Å². The van der Waals surface area contributed by atoms with Crippen molar-refractivity contribution in [1.29, 1.82) is 0 Å². The number of fused-ring (bicyclic) bond motifs is 1. The van der Waals surface area contributed by atoms with E-state index in [1.54, 1.807) is 0 Å². The minimum atomic E-state index is 0.450. The van der Waals surface area contributed by atoms with Crippen LogP contribution >= 0.6 is 0 Å². The predicted octanol–water partition coefficient (Wildman–Crippen LogP) is 4.11. The van der Waals surface area contributed by atoms with E-state index in [1.807, 2.05) is 42.5 Å². The van der Waals surface area contributed by atoms with E-state index in [0.717, 1.165) is 29.2 Å². The van der Waals surface area contributed by atoms with Crippen molar-refractivity contribution in [2.75, 3.05) is 0 Å². The Morgan fingerprint density at radius 2 is 2.05 bits per heavy atom. The van der Waals surface area contributed by atoms with Gasteiger partial charge in [0, 0.05) is 6.54 Å². The summed E-state index contributed by atoms with van der Waals surface area (Å²) < 4.78 is 8.01. The third kappa shape index (κ3) is 2.82. The van der Waals surface area contributed by atoms with Gasteiger partial charge in [0.25, 0.3) is 0 Å². The number of allylic oxidation sites excluding steroid dienone is 1. The van der Waals surface area contributed by atoms with Gasteiger partial charge < -0.3 is 9.30 Å². The Labute approximate surface area is 124 Å². The van der Waals surface area contributed by atoms with Gasteiger partial charge in [0.15, 0.2) is 0 Å². The van der Waals surface area contributed by atoms with Gasteiger partial charge in [-0.15, -0.1) is 6.58 Å². The fourth-order valence-electron chi connectivity index (χ4n) is 2.42. The number of aromatic nitrogens is 2. The molecule has 0 aliphatic rings. The molecule has 0 radical (unpaired) electrons. The standard InChI is InChI=1S/C18H18N2O/c1-3-11-20-17-10-5-4-9-16(17)19-18(20)13-21-15-8-6-7-14(2)12-15/h3-10,12H,1,11,13H2,2H3. The van der Waals surface area contributed by atoms with Gasteiger partial charge in [-0.3, -0.25) is 0 Å². The molecule has 0 saturated heterocycles. The molecular formula is C18H18N2O. The van der Waals surface area contributed by atoms with E-state index >= 15 is 0 Å². The molecule has 106 valence electrons. The summed E-state index contributed by atoms with van der Waals surface area (Å²) in [7, 11) is 0. The Morgan fingerprint density at radius 3 is 2.86 bits per heavy atom. The number of ether oxygens (including phenoxy) is 1. The van der Waals surface area contributed by atoms with Crippen LogP contribution in [0.3, 0.4) is 0 Å². The van der Waals surface area contributed by atoms with Gasteiger partial charge in [-0.25, -0.2) is 4.98 Å². The lowest BCUT2D eigenvalue weighted by Gasteiger charge is -2.09. The maximum absolute atomic E-state index is 5.87. The second kappa shape index (κ2) is 5.83. The molecule has 0 N–H and O–H groups in total. The minimum absolute atomic E-state index is 0.450. The fourth-order valence-corrected chi connectivity index (χ4v) is 2.42. The van der Waals surface area contributed by atoms with E-state index in [2.05, 4.69) is 35.2 Å². The molecule has 3 nitrogen and oxygen atoms in total. The van der Waals surface area contributed by atoms with Crippen molar-refractivity contribution in [3.05, 3.63) is 72.6 Å². The Balaban J connectivity index is 1.89. The van der Waals surface area contributed by atoms with Gasteiger partial charge >= 0.3 is 0 Å². The molecule has 1 aromatic heterocycles. The molecule has 0 bridgehead atoms. The Hall–Kier alpha value is -2.55. The predicted molar refractivity (Wildman–Crippen MR) is 85.4 cm³/mol. The number of hydrogen-bond donors (Lipinski definition) is 0. The smallest absolute Gasteiger partial charge is 0.148 e. The zero-order valence-electron chi connectivity index (χ0n) is 12.1. The minimum Gasteiger partial charge on any atom is -0.486 e. The average molecular weight is 278 g/mol. The highest BCUT2D eigenvalue weighted by atomic mass is 16.5. The molecule has 1 heterocycles. The first-order chi connectivity index (χ1) is 10.3. The molecule has 0 atom stereocenters. The molecule has 2 aromatic carbocycles. The molecule has 0 unspecified atom stereocenters. The van der Waals surface area contributed by atoms with Crippen molar-refractivity contribution in [2.45, 2.75) is 20.1 Å². The number of imidazole rings is 1. The van der Waals surface area contributed by atoms with Gasteiger partial charge in [0.2, 0.25) is 0 Å². The van der Waals surface area contributed by atoms with Gasteiger partial charge in [-0.2, -0.15) is 0 Å². The lowest BCUT2D eigenvalue weighted by molar-refractivity contribution is 0.291. The van der Waals surface area contributed by atoms with E-state index in [-0.39, 0.29) is 0 Å². The monoisotopic (exact) mass is 278 g/mol. The van der Waals surface area contributed by atoms with E-state index in [0.29, 0.717) is 6.61 Å². The number of nitrogens with zero attached hydrogens (tertiary/aromatic N) is 2. The summed E-state index contributed by atoms with van der Waals surface area (Å²) in [4.78, 5) is 4.66. The zero-order valence-corrected chi connectivity index (χ0v) is 12.1. The van der Waals surface area contributed by atoms with E-state index in [4.69, 9.17) is 4.74 Å². The number of para-hydroxylation sites is 2. The molecule has 3 rings (SSSR count). The van der Waals surface area contributed by atoms with Crippen LogP contribution < -0.4 is 4.74 Å². The summed E-state index contributed by atoms with van der Waals surface area (Å²) in [5.74, 6) is 1.78. The van der Waals surface area contributed by atoms with E-state index < -0.39 is 0 Å². The Morgan fingerprint density at radius 1 is 1.19 bits per heavy atom. The molecule has 0 spiro atoms. The molecule has 0 amide bonds. The van der Waals surface area contributed by atoms with Crippen LogP contribution in [-0.4, -0.2) is 9.55 Å². The second-order valence-corrected chi connectivity index (χ2v) is 5.02. The normalized spacial score (nSPS) is 10.7. The van der Waals surface area contributed by atoms with Crippen molar-refractivity contribution in [3.8, 4) is 5.75 Å². The van der Waals surface area contributed by atoms with Crippen LogP contribution in [0.15, 0.2) is 61.2 Å². The maximum atomic E-state index is 5.87. The third-order valence-corrected chi connectivity index (χ3v) is 3.40.